The monoisotopic (exact) mass is 222 g/mol. The Morgan fingerprint density at radius 2 is 2.30 bits per heavy atom. The van der Waals surface area contributed by atoms with Crippen molar-refractivity contribution < 1.29 is 4.74 Å². The highest BCUT2D eigenvalue weighted by atomic mass is 79.9. The molecule has 1 aromatic rings. The number of hydrogen-bond donors (Lipinski definition) is 0. The highest BCUT2D eigenvalue weighted by molar-refractivity contribution is 9.11. The van der Waals surface area contributed by atoms with E-state index in [-0.39, 0.29) is 6.10 Å². The third-order valence-electron chi connectivity index (χ3n) is 0.724. The van der Waals surface area contributed by atoms with Crippen LogP contribution >= 0.6 is 27.5 Å². The molecule has 0 spiro atoms. The van der Waals surface area contributed by atoms with E-state index in [9.17, 15) is 0 Å². The van der Waals surface area contributed by atoms with Gasteiger partial charge >= 0.3 is 6.01 Å². The average molecular weight is 223 g/mol. The van der Waals surface area contributed by atoms with E-state index in [0.29, 0.717) is 6.01 Å². The third kappa shape index (κ3) is 2.22. The summed E-state index contributed by atoms with van der Waals surface area (Å²) < 4.78 is 9.86. The first kappa shape index (κ1) is 7.94. The molecule has 1 rings (SSSR count). The Bertz CT molecular complexity index is 213. The summed E-state index contributed by atoms with van der Waals surface area (Å²) in [6.45, 7) is 3.88. The number of aromatic nitrogens is 2. The summed E-state index contributed by atoms with van der Waals surface area (Å²) in [5, 5.41) is 0. The van der Waals surface area contributed by atoms with Gasteiger partial charge in [0.1, 0.15) is 0 Å². The quantitative estimate of drug-likeness (QED) is 0.769. The minimum atomic E-state index is 0.140. The van der Waals surface area contributed by atoms with Crippen LogP contribution in [0.15, 0.2) is 3.92 Å². The van der Waals surface area contributed by atoms with Crippen molar-refractivity contribution in [3.8, 4) is 6.01 Å². The molecule has 0 aliphatic rings. The molecule has 0 aliphatic heterocycles. The van der Waals surface area contributed by atoms with Crippen LogP contribution in [0.2, 0.25) is 0 Å². The van der Waals surface area contributed by atoms with E-state index in [1.54, 1.807) is 0 Å². The number of ether oxygens (including phenoxy) is 1. The zero-order valence-electron chi connectivity index (χ0n) is 5.67. The van der Waals surface area contributed by atoms with Gasteiger partial charge in [-0.05, 0) is 41.3 Å². The lowest BCUT2D eigenvalue weighted by atomic mass is 10.5. The Kier molecular flexibility index (Phi) is 2.62. The molecule has 0 aliphatic carbocycles. The first-order valence-corrected chi connectivity index (χ1v) is 4.41. The lowest BCUT2D eigenvalue weighted by Crippen LogP contribution is -2.06. The molecule has 0 saturated carbocycles. The van der Waals surface area contributed by atoms with E-state index >= 15 is 0 Å². The van der Waals surface area contributed by atoms with Crippen molar-refractivity contribution in [1.82, 2.24) is 9.36 Å². The Morgan fingerprint density at radius 3 is 2.70 bits per heavy atom. The highest BCUT2D eigenvalue weighted by Crippen LogP contribution is 2.16. The minimum Gasteiger partial charge on any atom is -0.460 e. The Labute approximate surface area is 71.7 Å². The fraction of sp³-hybridized carbons (Fsp3) is 0.600. The van der Waals surface area contributed by atoms with Crippen molar-refractivity contribution in [2.45, 2.75) is 20.0 Å². The second-order valence-electron chi connectivity index (χ2n) is 2.00. The van der Waals surface area contributed by atoms with Gasteiger partial charge in [-0.2, -0.15) is 4.98 Å². The fourth-order valence-electron chi connectivity index (χ4n) is 0.451. The van der Waals surface area contributed by atoms with Gasteiger partial charge in [-0.1, -0.05) is 0 Å². The molecule has 0 unspecified atom stereocenters. The van der Waals surface area contributed by atoms with Crippen molar-refractivity contribution in [2.24, 2.45) is 0 Å². The molecule has 0 saturated heterocycles. The van der Waals surface area contributed by atoms with Crippen molar-refractivity contribution in [2.75, 3.05) is 0 Å². The van der Waals surface area contributed by atoms with Crippen LogP contribution in [-0.2, 0) is 0 Å². The predicted molar refractivity (Wildman–Crippen MR) is 43.4 cm³/mol. The maximum Gasteiger partial charge on any atom is 0.329 e. The van der Waals surface area contributed by atoms with Gasteiger partial charge in [-0.25, -0.2) is 0 Å². The normalized spacial score (nSPS) is 10.4. The molecule has 1 heterocycles. The summed E-state index contributed by atoms with van der Waals surface area (Å²) in [5.74, 6) is 0. The van der Waals surface area contributed by atoms with E-state index in [4.69, 9.17) is 4.74 Å². The highest BCUT2D eigenvalue weighted by Gasteiger charge is 2.02. The summed E-state index contributed by atoms with van der Waals surface area (Å²) in [4.78, 5) is 3.95. The van der Waals surface area contributed by atoms with Crippen LogP contribution in [0.5, 0.6) is 6.01 Å². The summed E-state index contributed by atoms with van der Waals surface area (Å²) >= 11 is 4.46. The van der Waals surface area contributed by atoms with Crippen LogP contribution in [-0.4, -0.2) is 15.5 Å². The largest absolute Gasteiger partial charge is 0.460 e. The molecule has 5 heteroatoms. The van der Waals surface area contributed by atoms with Gasteiger partial charge in [0.15, 0.2) is 3.92 Å². The predicted octanol–water partition coefficient (Wildman–Crippen LogP) is 2.09. The van der Waals surface area contributed by atoms with E-state index < -0.39 is 0 Å². The zero-order chi connectivity index (χ0) is 7.56. The molecule has 0 atom stereocenters. The molecule has 0 radical (unpaired) electrons. The van der Waals surface area contributed by atoms with Gasteiger partial charge in [0, 0.05) is 0 Å². The SMILES string of the molecule is CC(C)Oc1nsc(Br)n1. The molecule has 0 N–H and O–H groups in total. The molecule has 1 aromatic heterocycles. The maximum absolute atomic E-state index is 5.19. The van der Waals surface area contributed by atoms with Crippen LogP contribution in [0.25, 0.3) is 0 Å². The van der Waals surface area contributed by atoms with Crippen LogP contribution in [0.1, 0.15) is 13.8 Å². The van der Waals surface area contributed by atoms with Crippen LogP contribution in [0.3, 0.4) is 0 Å². The molecule has 0 bridgehead atoms. The first-order chi connectivity index (χ1) is 4.68. The Balaban J connectivity index is 2.58. The summed E-state index contributed by atoms with van der Waals surface area (Å²) in [5.41, 5.74) is 0. The van der Waals surface area contributed by atoms with Crippen LogP contribution in [0.4, 0.5) is 0 Å². The van der Waals surface area contributed by atoms with Gasteiger partial charge in [-0.3, -0.25) is 0 Å². The lowest BCUT2D eigenvalue weighted by Gasteiger charge is -2.02. The molecular formula is C5H7BrN2OS. The molecular weight excluding hydrogens is 216 g/mol. The Hall–Kier alpha value is -0.160. The number of halogens is 1. The van der Waals surface area contributed by atoms with Crippen molar-refractivity contribution in [3.05, 3.63) is 3.92 Å². The molecule has 0 amide bonds. The topological polar surface area (TPSA) is 35.0 Å². The average Bonchev–Trinajstić information content (AvgIpc) is 2.13. The molecule has 0 fully saturated rings. The number of nitrogens with zero attached hydrogens (tertiary/aromatic N) is 2. The standard InChI is InChI=1S/C5H7BrN2OS/c1-3(2)9-5-7-4(6)10-8-5/h3H,1-2H3. The van der Waals surface area contributed by atoms with Gasteiger partial charge in [0.05, 0.1) is 6.10 Å². The second kappa shape index (κ2) is 3.30. The van der Waals surface area contributed by atoms with Gasteiger partial charge in [-0.15, -0.1) is 4.37 Å². The summed E-state index contributed by atoms with van der Waals surface area (Å²) in [6, 6.07) is 0.451. The molecule has 56 valence electrons. The number of hydrogen-bond acceptors (Lipinski definition) is 4. The smallest absolute Gasteiger partial charge is 0.329 e. The van der Waals surface area contributed by atoms with Crippen molar-refractivity contribution in [1.29, 1.82) is 0 Å². The third-order valence-corrected chi connectivity index (χ3v) is 1.82. The van der Waals surface area contributed by atoms with Crippen molar-refractivity contribution >= 4 is 27.5 Å². The summed E-state index contributed by atoms with van der Waals surface area (Å²) in [6.07, 6.45) is 0.140. The van der Waals surface area contributed by atoms with E-state index in [1.165, 1.54) is 11.5 Å². The van der Waals surface area contributed by atoms with Crippen LogP contribution in [0, 0.1) is 0 Å². The van der Waals surface area contributed by atoms with E-state index in [2.05, 4.69) is 25.3 Å². The molecule has 0 aromatic carbocycles. The maximum atomic E-state index is 5.19. The van der Waals surface area contributed by atoms with E-state index in [1.807, 2.05) is 13.8 Å². The van der Waals surface area contributed by atoms with Gasteiger partial charge in [0.25, 0.3) is 0 Å². The van der Waals surface area contributed by atoms with E-state index in [0.717, 1.165) is 3.92 Å². The fourth-order valence-corrected chi connectivity index (χ4v) is 1.18. The first-order valence-electron chi connectivity index (χ1n) is 2.84. The summed E-state index contributed by atoms with van der Waals surface area (Å²) in [7, 11) is 0. The molecule has 10 heavy (non-hydrogen) atoms. The Morgan fingerprint density at radius 1 is 1.60 bits per heavy atom. The van der Waals surface area contributed by atoms with Crippen molar-refractivity contribution in [3.63, 3.8) is 0 Å². The van der Waals surface area contributed by atoms with Gasteiger partial charge < -0.3 is 4.74 Å². The lowest BCUT2D eigenvalue weighted by molar-refractivity contribution is 0.225. The molecule has 3 nitrogen and oxygen atoms in total. The zero-order valence-corrected chi connectivity index (χ0v) is 8.07. The van der Waals surface area contributed by atoms with Crippen LogP contribution < -0.4 is 4.74 Å². The minimum absolute atomic E-state index is 0.140. The second-order valence-corrected chi connectivity index (χ2v) is 4.02. The van der Waals surface area contributed by atoms with Gasteiger partial charge in [0.2, 0.25) is 0 Å². The number of rotatable bonds is 2.